The number of aromatic nitrogens is 3. The average molecular weight is 272 g/mol. The first kappa shape index (κ1) is 12.8. The number of aliphatic hydroxyl groups excluding tert-OH is 1. The Bertz CT molecular complexity index is 623. The van der Waals surface area contributed by atoms with Gasteiger partial charge in [0, 0.05) is 56.6 Å². The van der Waals surface area contributed by atoms with Gasteiger partial charge < -0.3 is 5.11 Å². The largest absolute Gasteiger partial charge is 0.396 e. The molecule has 1 fully saturated rings. The zero-order valence-corrected chi connectivity index (χ0v) is 11.2. The minimum Gasteiger partial charge on any atom is -0.396 e. The van der Waals surface area contributed by atoms with Crippen LogP contribution in [0.5, 0.6) is 0 Å². The number of aliphatic hydroxyl groups is 1. The molecule has 1 saturated heterocycles. The van der Waals surface area contributed by atoms with E-state index in [-0.39, 0.29) is 18.4 Å². The van der Waals surface area contributed by atoms with Crippen LogP contribution in [0, 0.1) is 5.92 Å². The molecule has 6 heteroatoms. The fraction of sp³-hybridized carbons (Fsp3) is 0.357. The lowest BCUT2D eigenvalue weighted by Gasteiger charge is -2.15. The van der Waals surface area contributed by atoms with Crippen molar-refractivity contribution in [2.45, 2.75) is 6.42 Å². The van der Waals surface area contributed by atoms with Crippen LogP contribution in [0.15, 0.2) is 30.6 Å². The summed E-state index contributed by atoms with van der Waals surface area (Å²) < 4.78 is 1.69. The summed E-state index contributed by atoms with van der Waals surface area (Å²) in [5.74, 6) is 0.800. The topological polar surface area (TPSA) is 71.2 Å². The third kappa shape index (κ3) is 2.18. The highest BCUT2D eigenvalue weighted by molar-refractivity contribution is 5.95. The highest BCUT2D eigenvalue weighted by atomic mass is 16.3. The summed E-state index contributed by atoms with van der Waals surface area (Å²) in [6.45, 7) is 0.580. The van der Waals surface area contributed by atoms with E-state index in [1.165, 1.54) is 0 Å². The molecule has 0 spiro atoms. The van der Waals surface area contributed by atoms with Gasteiger partial charge in [-0.25, -0.2) is 0 Å². The summed E-state index contributed by atoms with van der Waals surface area (Å²) in [5.41, 5.74) is 1.70. The van der Waals surface area contributed by atoms with Crippen molar-refractivity contribution in [2.24, 2.45) is 13.0 Å². The minimum atomic E-state index is 0.0132. The number of aryl methyl sites for hydroxylation is 1. The molecule has 104 valence electrons. The van der Waals surface area contributed by atoms with Gasteiger partial charge >= 0.3 is 0 Å². The molecule has 1 atom stereocenters. The molecular weight excluding hydrogens is 256 g/mol. The van der Waals surface area contributed by atoms with E-state index in [1.807, 2.05) is 25.2 Å². The number of carbonyl (C=O) groups is 1. The molecule has 1 aliphatic heterocycles. The van der Waals surface area contributed by atoms with Gasteiger partial charge in [0.05, 0.1) is 5.69 Å². The first-order valence-corrected chi connectivity index (χ1v) is 6.54. The van der Waals surface area contributed by atoms with E-state index in [9.17, 15) is 9.90 Å². The predicted octanol–water partition coefficient (Wildman–Crippen LogP) is 0.827. The number of anilines is 1. The van der Waals surface area contributed by atoms with E-state index in [1.54, 1.807) is 22.0 Å². The summed E-state index contributed by atoms with van der Waals surface area (Å²) in [4.78, 5) is 17.8. The van der Waals surface area contributed by atoms with Crippen LogP contribution in [0.3, 0.4) is 0 Å². The van der Waals surface area contributed by atoms with E-state index < -0.39 is 0 Å². The smallest absolute Gasteiger partial charge is 0.228 e. The van der Waals surface area contributed by atoms with Gasteiger partial charge in [0.15, 0.2) is 0 Å². The fourth-order valence-electron chi connectivity index (χ4n) is 2.49. The van der Waals surface area contributed by atoms with Crippen LogP contribution < -0.4 is 4.90 Å². The number of rotatable bonds is 3. The van der Waals surface area contributed by atoms with Crippen molar-refractivity contribution in [1.29, 1.82) is 0 Å². The molecule has 1 amide bonds. The van der Waals surface area contributed by atoms with Gasteiger partial charge in [-0.2, -0.15) is 5.10 Å². The quantitative estimate of drug-likeness (QED) is 0.898. The van der Waals surface area contributed by atoms with Crippen molar-refractivity contribution < 1.29 is 9.90 Å². The number of nitrogens with zero attached hydrogens (tertiary/aromatic N) is 4. The van der Waals surface area contributed by atoms with Gasteiger partial charge in [-0.15, -0.1) is 0 Å². The van der Waals surface area contributed by atoms with E-state index in [4.69, 9.17) is 0 Å². The Hall–Kier alpha value is -2.21. The Labute approximate surface area is 116 Å². The monoisotopic (exact) mass is 272 g/mol. The maximum Gasteiger partial charge on any atom is 0.228 e. The van der Waals surface area contributed by atoms with Gasteiger partial charge in [-0.3, -0.25) is 19.4 Å². The van der Waals surface area contributed by atoms with E-state index >= 15 is 0 Å². The molecular formula is C14H16N4O2. The lowest BCUT2D eigenvalue weighted by Crippen LogP contribution is -2.27. The Morgan fingerprint density at radius 1 is 1.50 bits per heavy atom. The number of carbonyl (C=O) groups excluding carboxylic acids is 1. The molecule has 1 unspecified atom stereocenters. The lowest BCUT2D eigenvalue weighted by atomic mass is 10.1. The molecule has 0 bridgehead atoms. The van der Waals surface area contributed by atoms with E-state index in [2.05, 4.69) is 10.1 Å². The number of amides is 1. The van der Waals surface area contributed by atoms with Gasteiger partial charge in [-0.05, 0) is 12.1 Å². The van der Waals surface area contributed by atoms with Crippen molar-refractivity contribution in [1.82, 2.24) is 14.8 Å². The predicted molar refractivity (Wildman–Crippen MR) is 74.0 cm³/mol. The zero-order chi connectivity index (χ0) is 14.1. The summed E-state index contributed by atoms with van der Waals surface area (Å²) in [5, 5.41) is 13.6. The number of pyridine rings is 1. The highest BCUT2D eigenvalue weighted by Crippen LogP contribution is 2.28. The second-order valence-electron chi connectivity index (χ2n) is 5.01. The number of hydrogen-bond donors (Lipinski definition) is 1. The first-order valence-electron chi connectivity index (χ1n) is 6.54. The van der Waals surface area contributed by atoms with Gasteiger partial charge in [0.2, 0.25) is 5.91 Å². The molecule has 0 aliphatic carbocycles. The van der Waals surface area contributed by atoms with Crippen molar-refractivity contribution in [2.75, 3.05) is 18.1 Å². The molecule has 0 saturated carbocycles. The Morgan fingerprint density at radius 3 is 3.00 bits per heavy atom. The van der Waals surface area contributed by atoms with Crippen LogP contribution >= 0.6 is 0 Å². The lowest BCUT2D eigenvalue weighted by molar-refractivity contribution is -0.117. The second kappa shape index (κ2) is 5.05. The maximum absolute atomic E-state index is 12.0. The summed E-state index contributed by atoms with van der Waals surface area (Å²) >= 11 is 0. The van der Waals surface area contributed by atoms with Crippen molar-refractivity contribution in [3.05, 3.63) is 30.6 Å². The minimum absolute atomic E-state index is 0.0132. The highest BCUT2D eigenvalue weighted by Gasteiger charge is 2.32. The summed E-state index contributed by atoms with van der Waals surface area (Å²) in [7, 11) is 1.81. The van der Waals surface area contributed by atoms with Crippen molar-refractivity contribution in [3.63, 3.8) is 0 Å². The van der Waals surface area contributed by atoms with Crippen LogP contribution in [0.25, 0.3) is 11.3 Å². The van der Waals surface area contributed by atoms with E-state index in [0.29, 0.717) is 13.0 Å². The maximum atomic E-state index is 12.0. The first-order chi connectivity index (χ1) is 9.69. The molecule has 0 aromatic carbocycles. The van der Waals surface area contributed by atoms with Crippen LogP contribution in [-0.2, 0) is 11.8 Å². The Balaban J connectivity index is 1.92. The third-order valence-corrected chi connectivity index (χ3v) is 3.55. The van der Waals surface area contributed by atoms with Gasteiger partial charge in [-0.1, -0.05) is 0 Å². The third-order valence-electron chi connectivity index (χ3n) is 3.55. The summed E-state index contributed by atoms with van der Waals surface area (Å²) in [6, 6.07) is 5.67. The molecule has 1 aliphatic rings. The van der Waals surface area contributed by atoms with Crippen molar-refractivity contribution in [3.8, 4) is 11.3 Å². The fourth-order valence-corrected chi connectivity index (χ4v) is 2.49. The van der Waals surface area contributed by atoms with Crippen LogP contribution in [0.4, 0.5) is 5.82 Å². The standard InChI is InChI=1S/C14H16N4O2/c1-17-13(18-8-10(9-19)5-14(18)20)6-12(16-17)11-3-2-4-15-7-11/h2-4,6-7,10,19H,5,8-9H2,1H3. The molecule has 1 N–H and O–H groups in total. The molecule has 2 aromatic heterocycles. The van der Waals surface area contributed by atoms with E-state index in [0.717, 1.165) is 17.1 Å². The Morgan fingerprint density at radius 2 is 2.35 bits per heavy atom. The molecule has 0 radical (unpaired) electrons. The second-order valence-corrected chi connectivity index (χ2v) is 5.01. The molecule has 3 heterocycles. The Kier molecular flexibility index (Phi) is 3.23. The SMILES string of the molecule is Cn1nc(-c2cccnc2)cc1N1CC(CO)CC1=O. The van der Waals surface area contributed by atoms with Crippen molar-refractivity contribution >= 4 is 11.7 Å². The molecule has 20 heavy (non-hydrogen) atoms. The normalized spacial score (nSPS) is 18.8. The molecule has 3 rings (SSSR count). The number of hydrogen-bond acceptors (Lipinski definition) is 4. The van der Waals surface area contributed by atoms with Crippen LogP contribution in [0.2, 0.25) is 0 Å². The van der Waals surface area contributed by atoms with Gasteiger partial charge in [0.25, 0.3) is 0 Å². The zero-order valence-electron chi connectivity index (χ0n) is 11.2. The molecule has 2 aromatic rings. The van der Waals surface area contributed by atoms with Crippen LogP contribution in [-0.4, -0.2) is 38.9 Å². The average Bonchev–Trinajstić information content (AvgIpc) is 3.02. The van der Waals surface area contributed by atoms with Gasteiger partial charge in [0.1, 0.15) is 5.82 Å². The van der Waals surface area contributed by atoms with Crippen LogP contribution in [0.1, 0.15) is 6.42 Å². The summed E-state index contributed by atoms with van der Waals surface area (Å²) in [6.07, 6.45) is 3.85. The molecule has 6 nitrogen and oxygen atoms in total.